The van der Waals surface area contributed by atoms with Gasteiger partial charge in [0.1, 0.15) is 0 Å². The molecule has 1 heteroatoms. The largest absolute Gasteiger partial charge is 0.0990 e. The first-order chi connectivity index (χ1) is 4.85. The number of thiocarbonyl (C=S) groups is 1. The Morgan fingerprint density at radius 2 is 2.00 bits per heavy atom. The predicted molar refractivity (Wildman–Crippen MR) is 51.3 cm³/mol. The molecule has 52 valence electrons. The topological polar surface area (TPSA) is 0 Å². The van der Waals surface area contributed by atoms with Crippen molar-refractivity contribution in [3.8, 4) is 0 Å². The van der Waals surface area contributed by atoms with Crippen LogP contribution in [0.5, 0.6) is 0 Å². The number of allylic oxidation sites excluding steroid dienone is 6. The molecule has 0 fully saturated rings. The summed E-state index contributed by atoms with van der Waals surface area (Å²) in [6.45, 7) is 7.18. The molecule has 0 atom stereocenters. The average molecular weight is 150 g/mol. The van der Waals surface area contributed by atoms with Gasteiger partial charge in [-0.25, -0.2) is 0 Å². The minimum Gasteiger partial charge on any atom is -0.0990 e. The Labute approximate surface area is 67.3 Å². The lowest BCUT2D eigenvalue weighted by molar-refractivity contribution is 1.72. The van der Waals surface area contributed by atoms with E-state index in [1.54, 1.807) is 23.6 Å². The van der Waals surface area contributed by atoms with Crippen molar-refractivity contribution >= 4 is 17.6 Å². The number of hydrogen-bond donors (Lipinski definition) is 0. The Morgan fingerprint density at radius 3 is 2.40 bits per heavy atom. The van der Waals surface area contributed by atoms with Crippen LogP contribution in [-0.2, 0) is 0 Å². The van der Waals surface area contributed by atoms with Gasteiger partial charge in [0, 0.05) is 5.37 Å². The standard InChI is InChI=1S/C9H10S/c1-3-6-9(4-2)7-5-8-10/h3-8H,1-2H2/b7-5-,9-6+. The Kier molecular flexibility index (Phi) is 5.59. The molecule has 0 saturated carbocycles. The van der Waals surface area contributed by atoms with E-state index in [1.807, 2.05) is 12.2 Å². The quantitative estimate of drug-likeness (QED) is 0.337. The van der Waals surface area contributed by atoms with Gasteiger partial charge in [0.25, 0.3) is 0 Å². The van der Waals surface area contributed by atoms with E-state index in [2.05, 4.69) is 25.4 Å². The van der Waals surface area contributed by atoms with Crippen LogP contribution in [0.25, 0.3) is 0 Å². The predicted octanol–water partition coefficient (Wildman–Crippen LogP) is 2.84. The maximum atomic E-state index is 4.60. The van der Waals surface area contributed by atoms with Crippen molar-refractivity contribution in [1.82, 2.24) is 0 Å². The van der Waals surface area contributed by atoms with E-state index in [0.717, 1.165) is 5.57 Å². The molecule has 0 heterocycles. The first-order valence-electron chi connectivity index (χ1n) is 2.92. The zero-order valence-corrected chi connectivity index (χ0v) is 6.60. The summed E-state index contributed by atoms with van der Waals surface area (Å²) in [4.78, 5) is 0. The summed E-state index contributed by atoms with van der Waals surface area (Å²) in [7, 11) is 0. The smallest absolute Gasteiger partial charge is 0.00137 e. The molecule has 0 aromatic carbocycles. The summed E-state index contributed by atoms with van der Waals surface area (Å²) >= 11 is 4.60. The van der Waals surface area contributed by atoms with Crippen molar-refractivity contribution in [2.75, 3.05) is 0 Å². The molecule has 0 saturated heterocycles. The maximum absolute atomic E-state index is 4.60. The highest BCUT2D eigenvalue weighted by Gasteiger charge is 1.77. The van der Waals surface area contributed by atoms with Crippen LogP contribution < -0.4 is 0 Å². The van der Waals surface area contributed by atoms with Gasteiger partial charge in [-0.2, -0.15) is 0 Å². The van der Waals surface area contributed by atoms with Crippen molar-refractivity contribution in [3.05, 3.63) is 49.1 Å². The van der Waals surface area contributed by atoms with E-state index < -0.39 is 0 Å². The first kappa shape index (κ1) is 9.05. The van der Waals surface area contributed by atoms with Crippen LogP contribution in [0.1, 0.15) is 0 Å². The fourth-order valence-electron chi connectivity index (χ4n) is 0.478. The molecule has 0 radical (unpaired) electrons. The minimum atomic E-state index is 1.01. The number of rotatable bonds is 4. The lowest BCUT2D eigenvalue weighted by atomic mass is 10.2. The lowest BCUT2D eigenvalue weighted by Crippen LogP contribution is -1.67. The summed E-state index contributed by atoms with van der Waals surface area (Å²) < 4.78 is 0. The van der Waals surface area contributed by atoms with Gasteiger partial charge in [0.05, 0.1) is 0 Å². The van der Waals surface area contributed by atoms with Crippen LogP contribution >= 0.6 is 12.2 Å². The van der Waals surface area contributed by atoms with E-state index in [9.17, 15) is 0 Å². The van der Waals surface area contributed by atoms with Gasteiger partial charge in [0.2, 0.25) is 0 Å². The van der Waals surface area contributed by atoms with Crippen LogP contribution in [0.4, 0.5) is 0 Å². The molecule has 0 aromatic rings. The zero-order chi connectivity index (χ0) is 7.82. The fraction of sp³-hybridized carbons (Fsp3) is 0. The summed E-state index contributed by atoms with van der Waals surface area (Å²) in [6, 6.07) is 0. The lowest BCUT2D eigenvalue weighted by Gasteiger charge is -1.86. The summed E-state index contributed by atoms with van der Waals surface area (Å²) in [5.74, 6) is 0. The molecular weight excluding hydrogens is 140 g/mol. The van der Waals surface area contributed by atoms with Crippen LogP contribution in [0.15, 0.2) is 49.1 Å². The fourth-order valence-corrected chi connectivity index (χ4v) is 0.557. The van der Waals surface area contributed by atoms with Crippen LogP contribution in [0.3, 0.4) is 0 Å². The van der Waals surface area contributed by atoms with E-state index in [4.69, 9.17) is 0 Å². The van der Waals surface area contributed by atoms with E-state index in [0.29, 0.717) is 0 Å². The molecule has 0 N–H and O–H groups in total. The summed E-state index contributed by atoms with van der Waals surface area (Å²) in [5.41, 5.74) is 1.01. The van der Waals surface area contributed by atoms with Gasteiger partial charge >= 0.3 is 0 Å². The second-order valence-electron chi connectivity index (χ2n) is 1.60. The molecule has 0 aromatic heterocycles. The van der Waals surface area contributed by atoms with Crippen molar-refractivity contribution in [3.63, 3.8) is 0 Å². The van der Waals surface area contributed by atoms with Crippen LogP contribution in [0.2, 0.25) is 0 Å². The van der Waals surface area contributed by atoms with Gasteiger partial charge in [-0.05, 0) is 5.57 Å². The Balaban J connectivity index is 4.20. The molecule has 0 spiro atoms. The molecule has 0 amide bonds. The van der Waals surface area contributed by atoms with Gasteiger partial charge in [-0.1, -0.05) is 55.8 Å². The summed E-state index contributed by atoms with van der Waals surface area (Å²) in [5, 5.41) is 1.56. The molecule has 0 aliphatic carbocycles. The summed E-state index contributed by atoms with van der Waals surface area (Å²) in [6.07, 6.45) is 8.98. The zero-order valence-electron chi connectivity index (χ0n) is 5.79. The molecular formula is C9H10S. The monoisotopic (exact) mass is 150 g/mol. The Morgan fingerprint density at radius 1 is 1.30 bits per heavy atom. The first-order valence-corrected chi connectivity index (χ1v) is 3.39. The van der Waals surface area contributed by atoms with E-state index in [1.165, 1.54) is 0 Å². The molecule has 0 aliphatic rings. The van der Waals surface area contributed by atoms with Gasteiger partial charge < -0.3 is 0 Å². The third-order valence-electron chi connectivity index (χ3n) is 0.913. The van der Waals surface area contributed by atoms with E-state index >= 15 is 0 Å². The van der Waals surface area contributed by atoms with Gasteiger partial charge in [0.15, 0.2) is 0 Å². The minimum absolute atomic E-state index is 1.01. The Hall–Kier alpha value is -0.950. The van der Waals surface area contributed by atoms with Crippen molar-refractivity contribution < 1.29 is 0 Å². The second kappa shape index (κ2) is 6.17. The molecule has 0 rings (SSSR count). The highest BCUT2D eigenvalue weighted by Crippen LogP contribution is 1.96. The maximum Gasteiger partial charge on any atom is 0.00137 e. The van der Waals surface area contributed by atoms with E-state index in [-0.39, 0.29) is 0 Å². The van der Waals surface area contributed by atoms with Gasteiger partial charge in [-0.3, -0.25) is 0 Å². The third kappa shape index (κ3) is 3.98. The van der Waals surface area contributed by atoms with Crippen LogP contribution in [-0.4, -0.2) is 5.37 Å². The molecule has 10 heavy (non-hydrogen) atoms. The van der Waals surface area contributed by atoms with Crippen molar-refractivity contribution in [2.45, 2.75) is 0 Å². The second-order valence-corrected chi connectivity index (χ2v) is 1.87. The molecule has 0 nitrogen and oxygen atoms in total. The van der Waals surface area contributed by atoms with Crippen LogP contribution in [0, 0.1) is 0 Å². The van der Waals surface area contributed by atoms with Crippen molar-refractivity contribution in [1.29, 1.82) is 0 Å². The average Bonchev–Trinajstić information content (AvgIpc) is 1.98. The molecule has 0 aliphatic heterocycles. The number of hydrogen-bond acceptors (Lipinski definition) is 1. The highest BCUT2D eigenvalue weighted by atomic mass is 32.1. The highest BCUT2D eigenvalue weighted by molar-refractivity contribution is 7.79. The third-order valence-corrected chi connectivity index (χ3v) is 1.07. The van der Waals surface area contributed by atoms with Crippen molar-refractivity contribution in [2.24, 2.45) is 0 Å². The molecule has 0 bridgehead atoms. The Bertz CT molecular complexity index is 185. The molecule has 0 unspecified atom stereocenters. The normalized spacial score (nSPS) is 11.4. The van der Waals surface area contributed by atoms with Gasteiger partial charge in [-0.15, -0.1) is 0 Å². The SMILES string of the molecule is C=C/C=C(C=C)/C=C\C=S.